The summed E-state index contributed by atoms with van der Waals surface area (Å²) in [4.78, 5) is 11.3. The Bertz CT molecular complexity index is 479. The fourth-order valence-electron chi connectivity index (χ4n) is 2.74. The summed E-state index contributed by atoms with van der Waals surface area (Å²) in [6.07, 6.45) is 6.65. The van der Waals surface area contributed by atoms with Crippen molar-refractivity contribution >= 4 is 17.3 Å². The number of hydrogen-bond acceptors (Lipinski definition) is 3. The molecule has 96 valence electrons. The van der Waals surface area contributed by atoms with Gasteiger partial charge in [0.05, 0.1) is 18.2 Å². The second-order valence-corrected chi connectivity index (χ2v) is 5.15. The van der Waals surface area contributed by atoms with E-state index in [0.717, 1.165) is 24.1 Å². The topological polar surface area (TPSA) is 64.3 Å². The van der Waals surface area contributed by atoms with Crippen molar-refractivity contribution in [2.24, 2.45) is 0 Å². The van der Waals surface area contributed by atoms with Crippen LogP contribution in [0.3, 0.4) is 0 Å². The smallest absolute Gasteiger partial charge is 0.228 e. The van der Waals surface area contributed by atoms with E-state index in [1.807, 2.05) is 12.1 Å². The molecule has 0 spiro atoms. The van der Waals surface area contributed by atoms with E-state index in [9.17, 15) is 4.79 Å². The Morgan fingerprint density at radius 3 is 2.78 bits per heavy atom. The molecule has 18 heavy (non-hydrogen) atoms. The summed E-state index contributed by atoms with van der Waals surface area (Å²) >= 11 is 0. The van der Waals surface area contributed by atoms with Gasteiger partial charge in [-0.25, -0.2) is 0 Å². The fourth-order valence-corrected chi connectivity index (χ4v) is 2.74. The van der Waals surface area contributed by atoms with Crippen LogP contribution >= 0.6 is 0 Å². The number of carbonyl (C=O) groups excluding carboxylic acids is 1. The van der Waals surface area contributed by atoms with Gasteiger partial charge in [0.2, 0.25) is 5.91 Å². The summed E-state index contributed by atoms with van der Waals surface area (Å²) in [6, 6.07) is 3.72. The van der Waals surface area contributed by atoms with Crippen LogP contribution in [0.25, 0.3) is 0 Å². The van der Waals surface area contributed by atoms with E-state index in [1.165, 1.54) is 19.3 Å². The molecule has 0 saturated heterocycles. The zero-order chi connectivity index (χ0) is 12.5. The molecule has 2 aliphatic rings. The molecular formula is C14H18N2O2. The number of benzene rings is 1. The van der Waals surface area contributed by atoms with E-state index in [4.69, 9.17) is 10.5 Å². The lowest BCUT2D eigenvalue weighted by Gasteiger charge is -2.24. The van der Waals surface area contributed by atoms with Crippen molar-refractivity contribution in [2.75, 3.05) is 11.1 Å². The molecule has 4 heteroatoms. The van der Waals surface area contributed by atoms with Crippen LogP contribution in [0.1, 0.15) is 37.7 Å². The van der Waals surface area contributed by atoms with Gasteiger partial charge in [-0.3, -0.25) is 4.79 Å². The molecule has 0 unspecified atom stereocenters. The standard InChI is InChI=1S/C14H18N2O2/c15-11-6-9-7-14(17)16-12(9)8-13(11)18-10-4-2-1-3-5-10/h6,8,10H,1-5,7,15H2,(H,16,17). The normalized spacial score (nSPS) is 19.4. The van der Waals surface area contributed by atoms with Crippen molar-refractivity contribution in [2.45, 2.75) is 44.6 Å². The van der Waals surface area contributed by atoms with Crippen molar-refractivity contribution in [1.82, 2.24) is 0 Å². The Balaban J connectivity index is 1.80. The van der Waals surface area contributed by atoms with Gasteiger partial charge >= 0.3 is 0 Å². The fraction of sp³-hybridized carbons (Fsp3) is 0.500. The van der Waals surface area contributed by atoms with Crippen LogP contribution in [0.4, 0.5) is 11.4 Å². The number of hydrogen-bond donors (Lipinski definition) is 2. The van der Waals surface area contributed by atoms with Crippen LogP contribution < -0.4 is 15.8 Å². The van der Waals surface area contributed by atoms with Gasteiger partial charge in [-0.05, 0) is 37.3 Å². The van der Waals surface area contributed by atoms with Crippen LogP contribution in [0.15, 0.2) is 12.1 Å². The maximum absolute atomic E-state index is 11.3. The third-order valence-electron chi connectivity index (χ3n) is 3.71. The number of nitrogen functional groups attached to an aromatic ring is 1. The van der Waals surface area contributed by atoms with Crippen molar-refractivity contribution < 1.29 is 9.53 Å². The summed E-state index contributed by atoms with van der Waals surface area (Å²) in [5.41, 5.74) is 8.44. The average Bonchev–Trinajstić information content (AvgIpc) is 2.70. The number of rotatable bonds is 2. The number of amides is 1. The van der Waals surface area contributed by atoms with Crippen molar-refractivity contribution in [3.05, 3.63) is 17.7 Å². The quantitative estimate of drug-likeness (QED) is 0.788. The lowest BCUT2D eigenvalue weighted by Crippen LogP contribution is -2.20. The van der Waals surface area contributed by atoms with Gasteiger partial charge in [-0.1, -0.05) is 6.42 Å². The minimum absolute atomic E-state index is 0.0271. The molecule has 1 fully saturated rings. The maximum Gasteiger partial charge on any atom is 0.228 e. The molecule has 3 N–H and O–H groups in total. The number of nitrogens with one attached hydrogen (secondary N) is 1. The Morgan fingerprint density at radius 2 is 2.00 bits per heavy atom. The molecule has 1 aromatic rings. The highest BCUT2D eigenvalue weighted by Crippen LogP contribution is 2.35. The minimum Gasteiger partial charge on any atom is -0.488 e. The maximum atomic E-state index is 11.3. The first-order chi connectivity index (χ1) is 8.72. The lowest BCUT2D eigenvalue weighted by molar-refractivity contribution is -0.115. The second kappa shape index (κ2) is 4.52. The first-order valence-electron chi connectivity index (χ1n) is 6.61. The zero-order valence-corrected chi connectivity index (χ0v) is 10.4. The summed E-state index contributed by atoms with van der Waals surface area (Å²) in [6.45, 7) is 0. The number of fused-ring (bicyclic) bond motifs is 1. The van der Waals surface area contributed by atoms with E-state index < -0.39 is 0 Å². The Labute approximate surface area is 107 Å². The molecule has 1 aliphatic heterocycles. The SMILES string of the molecule is Nc1cc2c(cc1OC1CCCCC1)NC(=O)C2. The second-order valence-electron chi connectivity index (χ2n) is 5.15. The Morgan fingerprint density at radius 1 is 1.22 bits per heavy atom. The first-order valence-corrected chi connectivity index (χ1v) is 6.61. The minimum atomic E-state index is 0.0271. The molecule has 1 amide bonds. The van der Waals surface area contributed by atoms with Gasteiger partial charge in [-0.15, -0.1) is 0 Å². The Hall–Kier alpha value is -1.71. The van der Waals surface area contributed by atoms with Gasteiger partial charge < -0.3 is 15.8 Å². The van der Waals surface area contributed by atoms with Crippen molar-refractivity contribution in [3.63, 3.8) is 0 Å². The summed E-state index contributed by atoms with van der Waals surface area (Å²) in [5.74, 6) is 0.738. The zero-order valence-electron chi connectivity index (χ0n) is 10.4. The molecule has 0 aromatic heterocycles. The predicted molar refractivity (Wildman–Crippen MR) is 70.7 cm³/mol. The molecule has 1 saturated carbocycles. The molecule has 0 bridgehead atoms. The first kappa shape index (κ1) is 11.4. The van der Waals surface area contributed by atoms with E-state index in [0.29, 0.717) is 17.9 Å². The molecule has 1 aliphatic carbocycles. The molecule has 4 nitrogen and oxygen atoms in total. The van der Waals surface area contributed by atoms with Gasteiger partial charge in [0.1, 0.15) is 5.75 Å². The van der Waals surface area contributed by atoms with Crippen molar-refractivity contribution in [3.8, 4) is 5.75 Å². The van der Waals surface area contributed by atoms with Gasteiger partial charge in [0, 0.05) is 11.8 Å². The number of ether oxygens (including phenoxy) is 1. The number of anilines is 2. The molecule has 1 heterocycles. The molecule has 0 radical (unpaired) electrons. The van der Waals surface area contributed by atoms with Crippen LogP contribution in [-0.2, 0) is 11.2 Å². The number of nitrogens with two attached hydrogens (primary N) is 1. The van der Waals surface area contributed by atoms with Crippen LogP contribution in [-0.4, -0.2) is 12.0 Å². The molecular weight excluding hydrogens is 228 g/mol. The Kier molecular flexibility index (Phi) is 2.86. The van der Waals surface area contributed by atoms with Gasteiger partial charge in [0.25, 0.3) is 0 Å². The largest absolute Gasteiger partial charge is 0.488 e. The summed E-state index contributed by atoms with van der Waals surface area (Å²) in [7, 11) is 0. The van der Waals surface area contributed by atoms with E-state index >= 15 is 0 Å². The van der Waals surface area contributed by atoms with Crippen LogP contribution in [0, 0.1) is 0 Å². The summed E-state index contributed by atoms with van der Waals surface area (Å²) < 4.78 is 5.97. The van der Waals surface area contributed by atoms with Crippen LogP contribution in [0.5, 0.6) is 5.75 Å². The third-order valence-corrected chi connectivity index (χ3v) is 3.71. The van der Waals surface area contributed by atoms with E-state index in [1.54, 1.807) is 0 Å². The molecule has 3 rings (SSSR count). The average molecular weight is 246 g/mol. The monoisotopic (exact) mass is 246 g/mol. The van der Waals surface area contributed by atoms with Gasteiger partial charge in [0.15, 0.2) is 0 Å². The molecule has 0 atom stereocenters. The lowest BCUT2D eigenvalue weighted by atomic mass is 9.98. The highest BCUT2D eigenvalue weighted by atomic mass is 16.5. The third kappa shape index (κ3) is 2.15. The van der Waals surface area contributed by atoms with Crippen molar-refractivity contribution in [1.29, 1.82) is 0 Å². The molecule has 1 aromatic carbocycles. The highest BCUT2D eigenvalue weighted by molar-refractivity contribution is 6.00. The highest BCUT2D eigenvalue weighted by Gasteiger charge is 2.21. The van der Waals surface area contributed by atoms with Crippen LogP contribution in [0.2, 0.25) is 0 Å². The summed E-state index contributed by atoms with van der Waals surface area (Å²) in [5, 5.41) is 2.83. The van der Waals surface area contributed by atoms with E-state index in [-0.39, 0.29) is 12.0 Å². The predicted octanol–water partition coefficient (Wildman–Crippen LogP) is 2.47. The number of carbonyl (C=O) groups is 1. The van der Waals surface area contributed by atoms with E-state index in [2.05, 4.69) is 5.32 Å². The van der Waals surface area contributed by atoms with Gasteiger partial charge in [-0.2, -0.15) is 0 Å².